The van der Waals surface area contributed by atoms with Crippen LogP contribution in [0.5, 0.6) is 0 Å². The minimum atomic E-state index is -0.433. The third-order valence-corrected chi connectivity index (χ3v) is 4.01. The molecule has 2 aromatic carbocycles. The van der Waals surface area contributed by atoms with E-state index in [2.05, 4.69) is 21.1 Å². The van der Waals surface area contributed by atoms with E-state index < -0.39 is 6.09 Å². The van der Waals surface area contributed by atoms with Crippen LogP contribution in [0.25, 0.3) is 0 Å². The topological polar surface area (TPSA) is 51.1 Å². The van der Waals surface area contributed by atoms with Gasteiger partial charge in [0.25, 0.3) is 0 Å². The monoisotopic (exact) mass is 390 g/mol. The van der Waals surface area contributed by atoms with Crippen molar-refractivity contribution < 1.29 is 14.4 Å². The first-order chi connectivity index (χ1) is 11.5. The van der Waals surface area contributed by atoms with E-state index in [9.17, 15) is 4.79 Å². The van der Waals surface area contributed by atoms with Gasteiger partial charge < -0.3 is 9.57 Å². The maximum absolute atomic E-state index is 11.7. The second kappa shape index (κ2) is 8.49. The number of carbonyl (C=O) groups excluding carboxylic acids is 1. The normalized spacial score (nSPS) is 11.1. The Bertz CT molecular complexity index is 729. The van der Waals surface area contributed by atoms with Crippen LogP contribution in [0.2, 0.25) is 0 Å². The van der Waals surface area contributed by atoms with E-state index in [0.29, 0.717) is 0 Å². The summed E-state index contributed by atoms with van der Waals surface area (Å²) in [5, 5.41) is 4.15. The molecule has 2 rings (SSSR count). The van der Waals surface area contributed by atoms with Gasteiger partial charge in [-0.3, -0.25) is 4.90 Å². The summed E-state index contributed by atoms with van der Waals surface area (Å²) in [5.74, 6) is 0. The minimum absolute atomic E-state index is 0.255. The highest BCUT2D eigenvalue weighted by atomic mass is 79.9. The van der Waals surface area contributed by atoms with Gasteiger partial charge in [0.05, 0.1) is 18.5 Å². The fourth-order valence-corrected chi connectivity index (χ4v) is 2.40. The number of amides is 1. The highest BCUT2D eigenvalue weighted by Crippen LogP contribution is 2.21. The maximum atomic E-state index is 11.7. The summed E-state index contributed by atoms with van der Waals surface area (Å²) < 4.78 is 5.76. The molecule has 0 radical (unpaired) electrons. The first kappa shape index (κ1) is 18.0. The quantitative estimate of drug-likeness (QED) is 0.553. The van der Waals surface area contributed by atoms with Crippen LogP contribution in [0.15, 0.2) is 58.2 Å². The summed E-state index contributed by atoms with van der Waals surface area (Å²) in [6.07, 6.45) is -0.433. The van der Waals surface area contributed by atoms with Crippen molar-refractivity contribution in [3.63, 3.8) is 0 Å². The second-order valence-corrected chi connectivity index (χ2v) is 6.03. The lowest BCUT2D eigenvalue weighted by Crippen LogP contribution is -2.26. The maximum Gasteiger partial charge on any atom is 0.413 e. The number of hydrogen-bond acceptors (Lipinski definition) is 4. The van der Waals surface area contributed by atoms with Crippen LogP contribution in [0.3, 0.4) is 0 Å². The first-order valence-electron chi connectivity index (χ1n) is 7.35. The predicted molar refractivity (Wildman–Crippen MR) is 98.4 cm³/mol. The SMILES string of the molecule is COC(=O)N(C)c1ccccc1CO/N=C(\C)c1ccc(Br)cc1. The summed E-state index contributed by atoms with van der Waals surface area (Å²) in [4.78, 5) is 18.6. The summed E-state index contributed by atoms with van der Waals surface area (Å²) in [6, 6.07) is 15.3. The average Bonchev–Trinajstić information content (AvgIpc) is 2.61. The number of rotatable bonds is 5. The molecule has 0 aliphatic rings. The van der Waals surface area contributed by atoms with Crippen molar-refractivity contribution in [1.82, 2.24) is 0 Å². The molecule has 0 atom stereocenters. The lowest BCUT2D eigenvalue weighted by Gasteiger charge is -2.18. The molecule has 1 amide bonds. The molecule has 0 bridgehead atoms. The third kappa shape index (κ3) is 4.58. The van der Waals surface area contributed by atoms with Gasteiger partial charge in [-0.2, -0.15) is 0 Å². The molecule has 0 saturated carbocycles. The Kier molecular flexibility index (Phi) is 6.37. The average molecular weight is 391 g/mol. The number of benzene rings is 2. The molecule has 0 unspecified atom stereocenters. The zero-order chi connectivity index (χ0) is 17.5. The number of para-hydroxylation sites is 1. The van der Waals surface area contributed by atoms with Crippen LogP contribution in [0, 0.1) is 0 Å². The molecule has 5 nitrogen and oxygen atoms in total. The zero-order valence-corrected chi connectivity index (χ0v) is 15.4. The first-order valence-corrected chi connectivity index (χ1v) is 8.14. The van der Waals surface area contributed by atoms with Gasteiger partial charge in [-0.05, 0) is 30.7 Å². The molecule has 0 fully saturated rings. The van der Waals surface area contributed by atoms with Gasteiger partial charge in [-0.25, -0.2) is 4.79 Å². The Hall–Kier alpha value is -2.34. The second-order valence-electron chi connectivity index (χ2n) is 5.11. The van der Waals surface area contributed by atoms with Crippen LogP contribution in [0.4, 0.5) is 10.5 Å². The van der Waals surface area contributed by atoms with Crippen LogP contribution in [-0.4, -0.2) is 26.0 Å². The van der Waals surface area contributed by atoms with Crippen LogP contribution < -0.4 is 4.90 Å². The number of halogens is 1. The third-order valence-electron chi connectivity index (χ3n) is 3.48. The lowest BCUT2D eigenvalue weighted by atomic mass is 10.1. The Morgan fingerprint density at radius 1 is 1.17 bits per heavy atom. The van der Waals surface area contributed by atoms with Crippen molar-refractivity contribution in [1.29, 1.82) is 0 Å². The number of nitrogens with zero attached hydrogens (tertiary/aromatic N) is 2. The summed E-state index contributed by atoms with van der Waals surface area (Å²) in [7, 11) is 3.00. The molecule has 2 aromatic rings. The highest BCUT2D eigenvalue weighted by molar-refractivity contribution is 9.10. The number of methoxy groups -OCH3 is 1. The molecule has 0 saturated heterocycles. The van der Waals surface area contributed by atoms with Gasteiger partial charge in [0.15, 0.2) is 0 Å². The van der Waals surface area contributed by atoms with Gasteiger partial charge in [0.2, 0.25) is 0 Å². The van der Waals surface area contributed by atoms with Crippen molar-refractivity contribution in [3.8, 4) is 0 Å². The van der Waals surface area contributed by atoms with Gasteiger partial charge in [0, 0.05) is 17.1 Å². The van der Waals surface area contributed by atoms with Crippen molar-refractivity contribution in [2.45, 2.75) is 13.5 Å². The largest absolute Gasteiger partial charge is 0.452 e. The molecule has 24 heavy (non-hydrogen) atoms. The lowest BCUT2D eigenvalue weighted by molar-refractivity contribution is 0.130. The van der Waals surface area contributed by atoms with E-state index in [1.807, 2.05) is 55.5 Å². The van der Waals surface area contributed by atoms with Gasteiger partial charge in [-0.15, -0.1) is 0 Å². The molecule has 0 heterocycles. The molecule has 0 aromatic heterocycles. The van der Waals surface area contributed by atoms with E-state index in [-0.39, 0.29) is 6.61 Å². The number of anilines is 1. The van der Waals surface area contributed by atoms with Gasteiger partial charge in [-0.1, -0.05) is 51.4 Å². The zero-order valence-electron chi connectivity index (χ0n) is 13.8. The fourth-order valence-electron chi connectivity index (χ4n) is 2.14. The van der Waals surface area contributed by atoms with E-state index in [1.165, 1.54) is 12.0 Å². The minimum Gasteiger partial charge on any atom is -0.452 e. The Labute approximate surface area is 150 Å². The Morgan fingerprint density at radius 3 is 2.50 bits per heavy atom. The van der Waals surface area contributed by atoms with Crippen LogP contribution in [-0.2, 0) is 16.2 Å². The summed E-state index contributed by atoms with van der Waals surface area (Å²) >= 11 is 3.40. The summed E-state index contributed by atoms with van der Waals surface area (Å²) in [5.41, 5.74) is 3.33. The van der Waals surface area contributed by atoms with Crippen molar-refractivity contribution >= 4 is 33.4 Å². The number of ether oxygens (including phenoxy) is 1. The molecular weight excluding hydrogens is 372 g/mol. The number of oxime groups is 1. The Balaban J connectivity index is 2.08. The number of hydrogen-bond donors (Lipinski definition) is 0. The molecule has 0 spiro atoms. The standard InChI is InChI=1S/C18H19BrN2O3/c1-13(14-8-10-16(19)11-9-14)20-24-12-15-6-4-5-7-17(15)21(2)18(22)23-3/h4-11H,12H2,1-3H3/b20-13+. The molecule has 0 aliphatic carbocycles. The molecular formula is C18H19BrN2O3. The smallest absolute Gasteiger partial charge is 0.413 e. The Morgan fingerprint density at radius 2 is 1.83 bits per heavy atom. The van der Waals surface area contributed by atoms with Crippen molar-refractivity contribution in [3.05, 3.63) is 64.1 Å². The highest BCUT2D eigenvalue weighted by Gasteiger charge is 2.14. The van der Waals surface area contributed by atoms with E-state index in [1.54, 1.807) is 7.05 Å². The fraction of sp³-hybridized carbons (Fsp3) is 0.222. The van der Waals surface area contributed by atoms with Gasteiger partial charge in [0.1, 0.15) is 6.61 Å². The molecule has 6 heteroatoms. The van der Waals surface area contributed by atoms with E-state index in [0.717, 1.165) is 27.0 Å². The van der Waals surface area contributed by atoms with Crippen molar-refractivity contribution in [2.75, 3.05) is 19.1 Å². The van der Waals surface area contributed by atoms with E-state index in [4.69, 9.17) is 9.57 Å². The van der Waals surface area contributed by atoms with Crippen molar-refractivity contribution in [2.24, 2.45) is 5.16 Å². The molecule has 126 valence electrons. The summed E-state index contributed by atoms with van der Waals surface area (Å²) in [6.45, 7) is 2.14. The molecule has 0 aliphatic heterocycles. The van der Waals surface area contributed by atoms with E-state index >= 15 is 0 Å². The number of carbonyl (C=O) groups is 1. The van der Waals surface area contributed by atoms with Gasteiger partial charge >= 0.3 is 6.09 Å². The van der Waals surface area contributed by atoms with Crippen LogP contribution >= 0.6 is 15.9 Å². The predicted octanol–water partition coefficient (Wildman–Crippen LogP) is 4.59. The van der Waals surface area contributed by atoms with Crippen LogP contribution in [0.1, 0.15) is 18.1 Å². The molecule has 0 N–H and O–H groups in total.